The SMILES string of the molecule is CNC(Cc1ccn(C2CCCCC2)n1)C1CCCCO1. The first-order valence-corrected chi connectivity index (χ1v) is 8.69. The number of nitrogens with one attached hydrogen (secondary N) is 1. The second kappa shape index (κ2) is 7.41. The van der Waals surface area contributed by atoms with Crippen LogP contribution in [-0.4, -0.2) is 35.6 Å². The summed E-state index contributed by atoms with van der Waals surface area (Å²) in [7, 11) is 2.04. The van der Waals surface area contributed by atoms with Crippen LogP contribution in [0.15, 0.2) is 12.3 Å². The highest BCUT2D eigenvalue weighted by molar-refractivity contribution is 5.04. The van der Waals surface area contributed by atoms with Gasteiger partial charge in [0.25, 0.3) is 0 Å². The Morgan fingerprint density at radius 1 is 1.24 bits per heavy atom. The first-order valence-electron chi connectivity index (χ1n) is 8.69. The number of likely N-dealkylation sites (N-methyl/N-ethyl adjacent to an activating group) is 1. The molecule has 0 aromatic carbocycles. The fraction of sp³-hybridized carbons (Fsp3) is 0.824. The molecule has 4 heteroatoms. The zero-order chi connectivity index (χ0) is 14.5. The Hall–Kier alpha value is -0.870. The normalized spacial score (nSPS) is 25.9. The number of hydrogen-bond acceptors (Lipinski definition) is 3. The van der Waals surface area contributed by atoms with Crippen molar-refractivity contribution in [2.75, 3.05) is 13.7 Å². The quantitative estimate of drug-likeness (QED) is 0.906. The summed E-state index contributed by atoms with van der Waals surface area (Å²) in [6, 6.07) is 3.22. The third-order valence-electron chi connectivity index (χ3n) is 5.08. The van der Waals surface area contributed by atoms with Crippen LogP contribution in [0.2, 0.25) is 0 Å². The molecule has 2 fully saturated rings. The van der Waals surface area contributed by atoms with Crippen molar-refractivity contribution in [3.63, 3.8) is 0 Å². The van der Waals surface area contributed by atoms with Gasteiger partial charge in [-0.15, -0.1) is 0 Å². The molecule has 1 aromatic rings. The highest BCUT2D eigenvalue weighted by Crippen LogP contribution is 2.27. The third-order valence-corrected chi connectivity index (χ3v) is 5.08. The van der Waals surface area contributed by atoms with E-state index in [2.05, 4.69) is 22.3 Å². The summed E-state index contributed by atoms with van der Waals surface area (Å²) >= 11 is 0. The van der Waals surface area contributed by atoms with E-state index in [-0.39, 0.29) is 0 Å². The van der Waals surface area contributed by atoms with E-state index in [4.69, 9.17) is 9.84 Å². The lowest BCUT2D eigenvalue weighted by molar-refractivity contribution is -0.00609. The van der Waals surface area contributed by atoms with Gasteiger partial charge in [0.05, 0.1) is 17.8 Å². The van der Waals surface area contributed by atoms with E-state index < -0.39 is 0 Å². The summed E-state index contributed by atoms with van der Waals surface area (Å²) < 4.78 is 8.14. The molecule has 2 heterocycles. The molecule has 118 valence electrons. The molecular weight excluding hydrogens is 262 g/mol. The molecule has 1 aliphatic heterocycles. The van der Waals surface area contributed by atoms with Crippen LogP contribution in [-0.2, 0) is 11.2 Å². The van der Waals surface area contributed by atoms with Gasteiger partial charge in [0.2, 0.25) is 0 Å². The Morgan fingerprint density at radius 3 is 2.76 bits per heavy atom. The third kappa shape index (κ3) is 3.86. The van der Waals surface area contributed by atoms with Crippen LogP contribution in [0.3, 0.4) is 0 Å². The van der Waals surface area contributed by atoms with Crippen LogP contribution in [0.4, 0.5) is 0 Å². The Kier molecular flexibility index (Phi) is 5.31. The number of nitrogens with zero attached hydrogens (tertiary/aromatic N) is 2. The van der Waals surface area contributed by atoms with E-state index in [9.17, 15) is 0 Å². The van der Waals surface area contributed by atoms with Crippen molar-refractivity contribution in [1.29, 1.82) is 0 Å². The standard InChI is InChI=1S/C17H29N3O/c1-18-16(17-9-5-6-12-21-17)13-14-10-11-20(19-14)15-7-3-2-4-8-15/h10-11,15-18H,2-9,12-13H2,1H3. The van der Waals surface area contributed by atoms with Crippen molar-refractivity contribution in [3.05, 3.63) is 18.0 Å². The molecule has 1 saturated heterocycles. The van der Waals surface area contributed by atoms with Crippen LogP contribution in [0, 0.1) is 0 Å². The monoisotopic (exact) mass is 291 g/mol. The van der Waals surface area contributed by atoms with Gasteiger partial charge in [-0.25, -0.2) is 0 Å². The smallest absolute Gasteiger partial charge is 0.0731 e. The molecule has 3 rings (SSSR count). The number of hydrogen-bond donors (Lipinski definition) is 1. The van der Waals surface area contributed by atoms with Gasteiger partial charge in [0.1, 0.15) is 0 Å². The topological polar surface area (TPSA) is 39.1 Å². The van der Waals surface area contributed by atoms with Crippen molar-refractivity contribution in [2.45, 2.75) is 76.0 Å². The fourth-order valence-electron chi connectivity index (χ4n) is 3.76. The molecule has 2 aliphatic rings. The molecular formula is C17H29N3O. The molecule has 1 saturated carbocycles. The first kappa shape index (κ1) is 15.0. The minimum absolute atomic E-state index is 0.351. The number of aromatic nitrogens is 2. The summed E-state index contributed by atoms with van der Waals surface area (Å²) in [5.74, 6) is 0. The molecule has 21 heavy (non-hydrogen) atoms. The maximum Gasteiger partial charge on any atom is 0.0731 e. The van der Waals surface area contributed by atoms with Gasteiger partial charge >= 0.3 is 0 Å². The van der Waals surface area contributed by atoms with Crippen LogP contribution in [0.5, 0.6) is 0 Å². The Balaban J connectivity index is 1.59. The van der Waals surface area contributed by atoms with Crippen LogP contribution in [0.25, 0.3) is 0 Å². The second-order valence-electron chi connectivity index (χ2n) is 6.58. The van der Waals surface area contributed by atoms with Gasteiger partial charge in [-0.1, -0.05) is 19.3 Å². The Labute approximate surface area is 128 Å². The van der Waals surface area contributed by atoms with Crippen LogP contribution in [0.1, 0.15) is 63.1 Å². The molecule has 4 nitrogen and oxygen atoms in total. The van der Waals surface area contributed by atoms with Gasteiger partial charge < -0.3 is 10.1 Å². The minimum atomic E-state index is 0.351. The highest BCUT2D eigenvalue weighted by Gasteiger charge is 2.24. The predicted molar refractivity (Wildman–Crippen MR) is 84.5 cm³/mol. The molecule has 2 unspecified atom stereocenters. The largest absolute Gasteiger partial charge is 0.377 e. The molecule has 0 spiro atoms. The van der Waals surface area contributed by atoms with Crippen molar-refractivity contribution in [1.82, 2.24) is 15.1 Å². The van der Waals surface area contributed by atoms with E-state index in [1.54, 1.807) is 0 Å². The molecule has 0 radical (unpaired) electrons. The summed E-state index contributed by atoms with van der Waals surface area (Å²) in [6.07, 6.45) is 13.9. The Morgan fingerprint density at radius 2 is 2.05 bits per heavy atom. The second-order valence-corrected chi connectivity index (χ2v) is 6.58. The average Bonchev–Trinajstić information content (AvgIpc) is 3.03. The van der Waals surface area contributed by atoms with Gasteiger partial charge in [-0.2, -0.15) is 5.10 Å². The van der Waals surface area contributed by atoms with Crippen LogP contribution >= 0.6 is 0 Å². The molecule has 1 aliphatic carbocycles. The highest BCUT2D eigenvalue weighted by atomic mass is 16.5. The summed E-state index contributed by atoms with van der Waals surface area (Å²) in [5.41, 5.74) is 1.20. The van der Waals surface area contributed by atoms with Gasteiger partial charge in [0, 0.05) is 25.3 Å². The van der Waals surface area contributed by atoms with Crippen molar-refractivity contribution < 1.29 is 4.74 Å². The lowest BCUT2D eigenvalue weighted by atomic mass is 9.96. The zero-order valence-electron chi connectivity index (χ0n) is 13.3. The zero-order valence-corrected chi connectivity index (χ0v) is 13.3. The minimum Gasteiger partial charge on any atom is -0.377 e. The maximum atomic E-state index is 5.93. The summed E-state index contributed by atoms with van der Waals surface area (Å²) in [6.45, 7) is 0.916. The maximum absolute atomic E-state index is 5.93. The molecule has 1 aromatic heterocycles. The Bertz CT molecular complexity index is 419. The fourth-order valence-corrected chi connectivity index (χ4v) is 3.76. The average molecular weight is 291 g/mol. The van der Waals surface area contributed by atoms with E-state index in [0.29, 0.717) is 18.2 Å². The van der Waals surface area contributed by atoms with Gasteiger partial charge in [-0.3, -0.25) is 4.68 Å². The molecule has 0 amide bonds. The molecule has 0 bridgehead atoms. The van der Waals surface area contributed by atoms with Gasteiger partial charge in [0.15, 0.2) is 0 Å². The lowest BCUT2D eigenvalue weighted by Gasteiger charge is -2.30. The predicted octanol–water partition coefficient (Wildman–Crippen LogP) is 3.09. The van der Waals surface area contributed by atoms with Crippen molar-refractivity contribution in [3.8, 4) is 0 Å². The van der Waals surface area contributed by atoms with E-state index in [1.165, 1.54) is 57.1 Å². The van der Waals surface area contributed by atoms with E-state index in [0.717, 1.165) is 13.0 Å². The van der Waals surface area contributed by atoms with E-state index >= 15 is 0 Å². The lowest BCUT2D eigenvalue weighted by Crippen LogP contribution is -2.42. The summed E-state index contributed by atoms with van der Waals surface area (Å²) in [4.78, 5) is 0. The molecule has 2 atom stereocenters. The summed E-state index contributed by atoms with van der Waals surface area (Å²) in [5, 5.41) is 8.27. The van der Waals surface area contributed by atoms with Crippen LogP contribution < -0.4 is 5.32 Å². The van der Waals surface area contributed by atoms with Gasteiger partial charge in [-0.05, 0) is 45.2 Å². The van der Waals surface area contributed by atoms with Crippen molar-refractivity contribution >= 4 is 0 Å². The van der Waals surface area contributed by atoms with Crippen molar-refractivity contribution in [2.24, 2.45) is 0 Å². The number of rotatable bonds is 5. The molecule has 1 N–H and O–H groups in total. The van der Waals surface area contributed by atoms with E-state index in [1.807, 2.05) is 7.05 Å². The number of ether oxygens (including phenoxy) is 1. The first-order chi connectivity index (χ1) is 10.4.